The highest BCUT2D eigenvalue weighted by atomic mass is 28.4. The van der Waals surface area contributed by atoms with Crippen LogP contribution in [0, 0.1) is 0 Å². The van der Waals surface area contributed by atoms with Gasteiger partial charge in [0.1, 0.15) is 0 Å². The van der Waals surface area contributed by atoms with Crippen LogP contribution in [-0.4, -0.2) is 34.9 Å². The molecule has 0 radical (unpaired) electrons. The molecule has 0 fully saturated rings. The van der Waals surface area contributed by atoms with Crippen LogP contribution in [0.1, 0.15) is 34.6 Å². The lowest BCUT2D eigenvalue weighted by Gasteiger charge is -2.27. The van der Waals surface area contributed by atoms with Crippen molar-refractivity contribution in [3.63, 3.8) is 0 Å². The Bertz CT molecular complexity index is 140. The summed E-state index contributed by atoms with van der Waals surface area (Å²) in [7, 11) is -2.97. The van der Waals surface area contributed by atoms with Crippen LogP contribution in [0.2, 0.25) is 0 Å². The minimum Gasteiger partial charge on any atom is -0.351 e. The molecule has 0 spiro atoms. The topological polar surface area (TPSA) is 49.0 Å². The van der Waals surface area contributed by atoms with Crippen molar-refractivity contribution in [2.24, 2.45) is 0 Å². The third-order valence-electron chi connectivity index (χ3n) is 1.38. The van der Waals surface area contributed by atoms with Gasteiger partial charge in [0.15, 0.2) is 0 Å². The van der Waals surface area contributed by atoms with Gasteiger partial charge in [0.2, 0.25) is 0 Å². The van der Waals surface area contributed by atoms with E-state index in [0.29, 0.717) is 19.8 Å². The molecule has 0 rings (SSSR count). The Morgan fingerprint density at radius 2 is 1.33 bits per heavy atom. The molecule has 5 nitrogen and oxygen atoms in total. The van der Waals surface area contributed by atoms with E-state index in [-0.39, 0.29) is 6.04 Å². The molecule has 0 heterocycles. The fourth-order valence-corrected chi connectivity index (χ4v) is 2.80. The molecule has 0 amide bonds. The Kier molecular flexibility index (Phi) is 8.21. The van der Waals surface area contributed by atoms with Crippen LogP contribution in [-0.2, 0) is 17.8 Å². The van der Waals surface area contributed by atoms with Gasteiger partial charge in [-0.15, -0.1) is 0 Å². The molecule has 6 heteroatoms. The molecular weight excluding hydrogens is 214 g/mol. The first-order chi connectivity index (χ1) is 7.10. The van der Waals surface area contributed by atoms with Crippen molar-refractivity contribution in [3.8, 4) is 0 Å². The zero-order valence-corrected chi connectivity index (χ0v) is 11.3. The second-order valence-electron chi connectivity index (χ2n) is 3.17. The fraction of sp³-hybridized carbons (Fsp3) is 1.00. The van der Waals surface area contributed by atoms with Crippen LogP contribution in [0.4, 0.5) is 0 Å². The van der Waals surface area contributed by atoms with Crippen molar-refractivity contribution < 1.29 is 17.8 Å². The van der Waals surface area contributed by atoms with Crippen LogP contribution in [0.3, 0.4) is 0 Å². The van der Waals surface area contributed by atoms with Gasteiger partial charge in [-0.2, -0.15) is 0 Å². The molecule has 0 bridgehead atoms. The molecule has 0 aromatic heterocycles. The first-order valence-corrected chi connectivity index (χ1v) is 7.08. The Morgan fingerprint density at radius 3 is 1.60 bits per heavy atom. The molecule has 0 aliphatic heterocycles. The quantitative estimate of drug-likeness (QED) is 0.486. The van der Waals surface area contributed by atoms with Crippen LogP contribution < -0.4 is 5.48 Å². The Hall–Kier alpha value is 0.0169. The molecule has 15 heavy (non-hydrogen) atoms. The third-order valence-corrected chi connectivity index (χ3v) is 3.68. The molecule has 0 aliphatic carbocycles. The van der Waals surface area contributed by atoms with Gasteiger partial charge in [-0.3, -0.25) is 4.53 Å². The molecule has 0 atom stereocenters. The van der Waals surface area contributed by atoms with Gasteiger partial charge >= 0.3 is 9.05 Å². The van der Waals surface area contributed by atoms with Crippen molar-refractivity contribution in [1.82, 2.24) is 5.48 Å². The van der Waals surface area contributed by atoms with E-state index in [1.54, 1.807) is 0 Å². The summed E-state index contributed by atoms with van der Waals surface area (Å²) in [4.78, 5) is 0. The maximum Gasteiger partial charge on any atom is 0.696 e. The summed E-state index contributed by atoms with van der Waals surface area (Å²) in [6.07, 6.45) is 0. The summed E-state index contributed by atoms with van der Waals surface area (Å²) in [5.74, 6) is 0. The summed E-state index contributed by atoms with van der Waals surface area (Å²) in [5, 5.41) is 0. The summed E-state index contributed by atoms with van der Waals surface area (Å²) < 4.78 is 21.8. The average Bonchev–Trinajstić information content (AvgIpc) is 2.16. The van der Waals surface area contributed by atoms with Gasteiger partial charge < -0.3 is 13.3 Å². The molecule has 92 valence electrons. The van der Waals surface area contributed by atoms with Crippen molar-refractivity contribution in [1.29, 1.82) is 0 Å². The van der Waals surface area contributed by atoms with E-state index in [4.69, 9.17) is 17.8 Å². The lowest BCUT2D eigenvalue weighted by molar-refractivity contribution is -0.0619. The highest BCUT2D eigenvalue weighted by molar-refractivity contribution is 6.53. The first kappa shape index (κ1) is 15.0. The van der Waals surface area contributed by atoms with Crippen LogP contribution in [0.25, 0.3) is 0 Å². The van der Waals surface area contributed by atoms with Crippen LogP contribution in [0.5, 0.6) is 0 Å². The minimum absolute atomic E-state index is 0.193. The van der Waals surface area contributed by atoms with E-state index in [1.165, 1.54) is 0 Å². The van der Waals surface area contributed by atoms with Crippen molar-refractivity contribution in [2.75, 3.05) is 19.8 Å². The standard InChI is InChI=1S/C9H23NO4Si/c1-6-11-15(12-7-2,13-8-3)14-10-9(4)5/h9-10H,6-8H2,1-5H3. The van der Waals surface area contributed by atoms with Gasteiger partial charge in [0.05, 0.1) is 0 Å². The zero-order chi connectivity index (χ0) is 11.7. The molecule has 0 saturated heterocycles. The molecule has 0 aliphatic rings. The number of hydroxylamine groups is 1. The molecule has 1 N–H and O–H groups in total. The second-order valence-corrected chi connectivity index (χ2v) is 5.24. The largest absolute Gasteiger partial charge is 0.696 e. The molecule has 0 unspecified atom stereocenters. The van der Waals surface area contributed by atoms with Crippen molar-refractivity contribution in [2.45, 2.75) is 40.7 Å². The van der Waals surface area contributed by atoms with E-state index < -0.39 is 9.05 Å². The van der Waals surface area contributed by atoms with Crippen LogP contribution >= 0.6 is 0 Å². The first-order valence-electron chi connectivity index (χ1n) is 5.45. The Balaban J connectivity index is 4.31. The number of nitrogens with one attached hydrogen (secondary N) is 1. The maximum absolute atomic E-state index is 5.47. The van der Waals surface area contributed by atoms with E-state index in [9.17, 15) is 0 Å². The smallest absolute Gasteiger partial charge is 0.351 e. The number of rotatable bonds is 9. The second kappa shape index (κ2) is 8.20. The SMILES string of the molecule is CCO[Si](OCC)(OCC)ONC(C)C. The monoisotopic (exact) mass is 237 g/mol. The lowest BCUT2D eigenvalue weighted by Crippen LogP contribution is -2.53. The van der Waals surface area contributed by atoms with Crippen LogP contribution in [0.15, 0.2) is 0 Å². The predicted molar refractivity (Wildman–Crippen MR) is 60.0 cm³/mol. The van der Waals surface area contributed by atoms with Crippen molar-refractivity contribution in [3.05, 3.63) is 0 Å². The zero-order valence-electron chi connectivity index (χ0n) is 10.3. The normalized spacial score (nSPS) is 12.4. The van der Waals surface area contributed by atoms with Crippen molar-refractivity contribution >= 4 is 9.05 Å². The van der Waals surface area contributed by atoms with Gasteiger partial charge in [0.25, 0.3) is 0 Å². The van der Waals surface area contributed by atoms with Gasteiger partial charge in [-0.1, -0.05) is 0 Å². The molecular formula is C9H23NO4Si. The van der Waals surface area contributed by atoms with Gasteiger partial charge in [0, 0.05) is 25.9 Å². The highest BCUT2D eigenvalue weighted by Crippen LogP contribution is 2.10. The maximum atomic E-state index is 5.47. The van der Waals surface area contributed by atoms with E-state index in [2.05, 4.69) is 5.48 Å². The van der Waals surface area contributed by atoms with E-state index >= 15 is 0 Å². The predicted octanol–water partition coefficient (Wildman–Crippen LogP) is 1.46. The fourth-order valence-electron chi connectivity index (χ4n) is 0.934. The minimum atomic E-state index is -2.97. The van der Waals surface area contributed by atoms with Gasteiger partial charge in [-0.25, -0.2) is 5.48 Å². The number of hydrogen-bond donors (Lipinski definition) is 1. The van der Waals surface area contributed by atoms with E-state index in [1.807, 2.05) is 34.6 Å². The third kappa shape index (κ3) is 6.24. The Morgan fingerprint density at radius 1 is 0.933 bits per heavy atom. The summed E-state index contributed by atoms with van der Waals surface area (Å²) in [6, 6.07) is 0.193. The van der Waals surface area contributed by atoms with Gasteiger partial charge in [-0.05, 0) is 34.6 Å². The molecule has 0 aromatic rings. The average molecular weight is 237 g/mol. The summed E-state index contributed by atoms with van der Waals surface area (Å²) >= 11 is 0. The van der Waals surface area contributed by atoms with E-state index in [0.717, 1.165) is 0 Å². The Labute approximate surface area is 93.5 Å². The summed E-state index contributed by atoms with van der Waals surface area (Å²) in [5.41, 5.74) is 2.83. The molecule has 0 aromatic carbocycles. The number of hydrogen-bond acceptors (Lipinski definition) is 5. The summed E-state index contributed by atoms with van der Waals surface area (Å²) in [6.45, 7) is 11.1. The highest BCUT2D eigenvalue weighted by Gasteiger charge is 2.45. The lowest BCUT2D eigenvalue weighted by atomic mass is 10.4. The molecule has 0 saturated carbocycles.